The Morgan fingerprint density at radius 3 is 2.47 bits per heavy atom. The molecule has 1 N–H and O–H groups in total. The van der Waals surface area contributed by atoms with Crippen LogP contribution in [0.4, 0.5) is 4.39 Å². The second-order valence-electron chi connectivity index (χ2n) is 3.35. The molecule has 0 atom stereocenters. The third kappa shape index (κ3) is 3.07. The van der Waals surface area contributed by atoms with Crippen LogP contribution in [0.1, 0.15) is 5.56 Å². The zero-order chi connectivity index (χ0) is 11.5. The molecule has 0 aliphatic heterocycles. The van der Waals surface area contributed by atoms with Crippen molar-refractivity contribution >= 4 is 13.5 Å². The average molecular weight is 254 g/mol. The molecule has 0 unspecified atom stereocenters. The number of hydrogen-bond acceptors (Lipinski definition) is 2. The van der Waals surface area contributed by atoms with Gasteiger partial charge in [0, 0.05) is 0 Å². The Morgan fingerprint density at radius 2 is 1.82 bits per heavy atom. The Bertz CT molecular complexity index is 607. The third-order valence-electron chi connectivity index (χ3n) is 2.16. The number of aromatic amines is 1. The van der Waals surface area contributed by atoms with Crippen LogP contribution in [0.3, 0.4) is 0 Å². The van der Waals surface area contributed by atoms with Gasteiger partial charge in [0.25, 0.3) is 5.56 Å². The SMILES string of the molecule is O=c1[nH]c(=O)n(Cc2ccccc2)cc1F.S. The Hall–Kier alpha value is -1.82. The molecule has 2 aromatic rings. The number of nitrogens with one attached hydrogen (secondary N) is 1. The normalized spacial score (nSPS) is 9.71. The van der Waals surface area contributed by atoms with Crippen molar-refractivity contribution < 1.29 is 4.39 Å². The molecule has 0 amide bonds. The minimum absolute atomic E-state index is 0. The molecule has 90 valence electrons. The van der Waals surface area contributed by atoms with Gasteiger partial charge < -0.3 is 0 Å². The van der Waals surface area contributed by atoms with Crippen molar-refractivity contribution in [2.45, 2.75) is 6.54 Å². The second kappa shape index (κ2) is 5.49. The minimum atomic E-state index is -0.991. The number of hydrogen-bond donors (Lipinski definition) is 1. The van der Waals surface area contributed by atoms with E-state index in [9.17, 15) is 14.0 Å². The Kier molecular flexibility index (Phi) is 4.28. The van der Waals surface area contributed by atoms with Crippen LogP contribution in [0.25, 0.3) is 0 Å². The van der Waals surface area contributed by atoms with Gasteiger partial charge in [-0.05, 0) is 5.56 Å². The van der Waals surface area contributed by atoms with Crippen molar-refractivity contribution in [2.24, 2.45) is 0 Å². The van der Waals surface area contributed by atoms with Crippen molar-refractivity contribution in [1.29, 1.82) is 0 Å². The van der Waals surface area contributed by atoms with E-state index in [0.29, 0.717) is 0 Å². The Balaban J connectivity index is 0.00000144. The summed E-state index contributed by atoms with van der Waals surface area (Å²) in [5.74, 6) is -0.962. The van der Waals surface area contributed by atoms with Crippen LogP contribution in [-0.2, 0) is 6.54 Å². The first kappa shape index (κ1) is 13.2. The molecule has 0 spiro atoms. The fourth-order valence-electron chi connectivity index (χ4n) is 1.38. The van der Waals surface area contributed by atoms with Gasteiger partial charge in [-0.15, -0.1) is 0 Å². The van der Waals surface area contributed by atoms with Gasteiger partial charge in [0.05, 0.1) is 12.7 Å². The number of aromatic nitrogens is 2. The summed E-state index contributed by atoms with van der Waals surface area (Å²) in [6, 6.07) is 9.12. The number of benzene rings is 1. The van der Waals surface area contributed by atoms with Crippen molar-refractivity contribution in [3.63, 3.8) is 0 Å². The highest BCUT2D eigenvalue weighted by atomic mass is 32.1. The molecule has 1 aromatic heterocycles. The zero-order valence-corrected chi connectivity index (χ0v) is 9.81. The Labute approximate surface area is 103 Å². The van der Waals surface area contributed by atoms with Crippen molar-refractivity contribution in [2.75, 3.05) is 0 Å². The molecule has 0 saturated heterocycles. The van der Waals surface area contributed by atoms with Crippen molar-refractivity contribution in [3.8, 4) is 0 Å². The van der Waals surface area contributed by atoms with Gasteiger partial charge in [-0.3, -0.25) is 14.3 Å². The van der Waals surface area contributed by atoms with E-state index >= 15 is 0 Å². The summed E-state index contributed by atoms with van der Waals surface area (Å²) < 4.78 is 14.1. The highest BCUT2D eigenvalue weighted by Gasteiger charge is 2.03. The summed E-state index contributed by atoms with van der Waals surface area (Å²) in [5, 5.41) is 0. The van der Waals surface area contributed by atoms with E-state index in [4.69, 9.17) is 0 Å². The van der Waals surface area contributed by atoms with E-state index in [1.807, 2.05) is 35.3 Å². The predicted molar refractivity (Wildman–Crippen MR) is 67.2 cm³/mol. The number of halogens is 1. The van der Waals surface area contributed by atoms with Gasteiger partial charge >= 0.3 is 5.69 Å². The number of H-pyrrole nitrogens is 1. The van der Waals surface area contributed by atoms with Crippen LogP contribution in [0.2, 0.25) is 0 Å². The third-order valence-corrected chi connectivity index (χ3v) is 2.16. The quantitative estimate of drug-likeness (QED) is 0.863. The molecule has 0 bridgehead atoms. The zero-order valence-electron chi connectivity index (χ0n) is 8.81. The van der Waals surface area contributed by atoms with Crippen LogP contribution in [0.5, 0.6) is 0 Å². The molecular formula is C11H11FN2O2S. The van der Waals surface area contributed by atoms with Gasteiger partial charge in [0.2, 0.25) is 5.82 Å². The van der Waals surface area contributed by atoms with Gasteiger partial charge in [0.1, 0.15) is 0 Å². The number of rotatable bonds is 2. The lowest BCUT2D eigenvalue weighted by Crippen LogP contribution is -2.31. The maximum atomic E-state index is 13.0. The van der Waals surface area contributed by atoms with E-state index in [1.54, 1.807) is 0 Å². The first-order valence-electron chi connectivity index (χ1n) is 4.70. The summed E-state index contributed by atoms with van der Waals surface area (Å²) in [6.45, 7) is 0.230. The molecule has 1 heterocycles. The minimum Gasteiger partial charge on any atom is -0.293 e. The van der Waals surface area contributed by atoms with Crippen LogP contribution in [0, 0.1) is 5.82 Å². The van der Waals surface area contributed by atoms with E-state index in [0.717, 1.165) is 16.3 Å². The maximum Gasteiger partial charge on any atom is 0.328 e. The highest BCUT2D eigenvalue weighted by Crippen LogP contribution is 1.99. The summed E-state index contributed by atoms with van der Waals surface area (Å²) in [6.07, 6.45) is 0.911. The van der Waals surface area contributed by atoms with E-state index in [1.165, 1.54) is 0 Å². The average Bonchev–Trinajstić information content (AvgIpc) is 2.27. The summed E-state index contributed by atoms with van der Waals surface area (Å²) in [7, 11) is 0. The van der Waals surface area contributed by atoms with Crippen LogP contribution in [0.15, 0.2) is 46.1 Å². The molecule has 17 heavy (non-hydrogen) atoms. The molecule has 0 saturated carbocycles. The first-order chi connectivity index (χ1) is 7.66. The van der Waals surface area contributed by atoms with E-state index < -0.39 is 17.1 Å². The monoisotopic (exact) mass is 254 g/mol. The van der Waals surface area contributed by atoms with Gasteiger partial charge in [-0.25, -0.2) is 4.79 Å². The predicted octanol–water partition coefficient (Wildman–Crippen LogP) is 0.837. The molecule has 2 rings (SSSR count). The molecule has 0 radical (unpaired) electrons. The first-order valence-corrected chi connectivity index (χ1v) is 4.70. The molecule has 6 heteroatoms. The highest BCUT2D eigenvalue weighted by molar-refractivity contribution is 7.59. The largest absolute Gasteiger partial charge is 0.328 e. The lowest BCUT2D eigenvalue weighted by Gasteiger charge is -2.04. The van der Waals surface area contributed by atoms with Crippen LogP contribution < -0.4 is 11.2 Å². The summed E-state index contributed by atoms with van der Waals surface area (Å²) in [4.78, 5) is 24.0. The van der Waals surface area contributed by atoms with Gasteiger partial charge in [-0.2, -0.15) is 17.9 Å². The number of nitrogens with zero attached hydrogens (tertiary/aromatic N) is 1. The standard InChI is InChI=1S/C11H9FN2O2.H2S/c12-9-7-14(11(16)13-10(9)15)6-8-4-2-1-3-5-8;/h1-5,7H,6H2,(H,13,15,16);1H2. The van der Waals surface area contributed by atoms with Crippen molar-refractivity contribution in [1.82, 2.24) is 9.55 Å². The second-order valence-corrected chi connectivity index (χ2v) is 3.35. The summed E-state index contributed by atoms with van der Waals surface area (Å²) in [5.41, 5.74) is -0.749. The summed E-state index contributed by atoms with van der Waals surface area (Å²) >= 11 is 0. The van der Waals surface area contributed by atoms with E-state index in [2.05, 4.69) is 0 Å². The lowest BCUT2D eigenvalue weighted by molar-refractivity contribution is 0.566. The lowest BCUT2D eigenvalue weighted by atomic mass is 10.2. The van der Waals surface area contributed by atoms with Gasteiger partial charge in [0.15, 0.2) is 0 Å². The smallest absolute Gasteiger partial charge is 0.293 e. The molecule has 4 nitrogen and oxygen atoms in total. The molecule has 0 aliphatic carbocycles. The topological polar surface area (TPSA) is 54.9 Å². The fraction of sp³-hybridized carbons (Fsp3) is 0.0909. The maximum absolute atomic E-state index is 13.0. The van der Waals surface area contributed by atoms with Crippen LogP contribution in [-0.4, -0.2) is 9.55 Å². The molecular weight excluding hydrogens is 243 g/mol. The van der Waals surface area contributed by atoms with Gasteiger partial charge in [-0.1, -0.05) is 30.3 Å². The molecule has 1 aromatic carbocycles. The van der Waals surface area contributed by atoms with Crippen molar-refractivity contribution in [3.05, 3.63) is 68.7 Å². The Morgan fingerprint density at radius 1 is 1.18 bits per heavy atom. The molecule has 0 fully saturated rings. The van der Waals surface area contributed by atoms with E-state index in [-0.39, 0.29) is 20.0 Å². The fourth-order valence-corrected chi connectivity index (χ4v) is 1.38. The van der Waals surface area contributed by atoms with Crippen LogP contribution >= 0.6 is 13.5 Å². The molecule has 0 aliphatic rings.